The number of rotatable bonds is 6. The van der Waals surface area contributed by atoms with Gasteiger partial charge in [0.2, 0.25) is 0 Å². The van der Waals surface area contributed by atoms with Crippen molar-refractivity contribution < 1.29 is 57.1 Å². The van der Waals surface area contributed by atoms with Crippen LogP contribution in [0.3, 0.4) is 0 Å². The van der Waals surface area contributed by atoms with E-state index in [0.717, 1.165) is 12.2 Å². The number of hydrogen-bond acceptors (Lipinski definition) is 0. The Balaban J connectivity index is 3.49. The standard InChI is InChI=1S/C15H15F13/c1-3-4-8-5-7(2)6-9(8)10(16,17)11(18,19)12(20,21)13(22,23)14(24,25)15(26,27)28/h3-4,7-9H,5-6H2,1-2H3/b4-3-. The molecule has 0 bridgehead atoms. The maximum Gasteiger partial charge on any atom is 0.460 e. The Morgan fingerprint density at radius 1 is 0.643 bits per heavy atom. The normalized spacial score (nSPS) is 26.3. The minimum Gasteiger partial charge on any atom is -0.199 e. The number of halogens is 13. The fourth-order valence-corrected chi connectivity index (χ4v) is 3.22. The molecule has 1 fully saturated rings. The van der Waals surface area contributed by atoms with Gasteiger partial charge in [-0.05, 0) is 31.6 Å². The van der Waals surface area contributed by atoms with E-state index in [1.54, 1.807) is 0 Å². The Morgan fingerprint density at radius 3 is 1.46 bits per heavy atom. The van der Waals surface area contributed by atoms with Crippen LogP contribution in [0.2, 0.25) is 0 Å². The summed E-state index contributed by atoms with van der Waals surface area (Å²) in [5, 5.41) is 0. The van der Waals surface area contributed by atoms with Gasteiger partial charge in [0.05, 0.1) is 0 Å². The molecule has 3 atom stereocenters. The predicted molar refractivity (Wildman–Crippen MR) is 71.0 cm³/mol. The van der Waals surface area contributed by atoms with E-state index < -0.39 is 60.0 Å². The van der Waals surface area contributed by atoms with Gasteiger partial charge in [-0.25, -0.2) is 0 Å². The molecule has 0 amide bonds. The molecule has 1 aliphatic carbocycles. The van der Waals surface area contributed by atoms with Crippen molar-refractivity contribution in [2.24, 2.45) is 17.8 Å². The molecule has 0 aromatic heterocycles. The van der Waals surface area contributed by atoms with Crippen LogP contribution in [0.25, 0.3) is 0 Å². The van der Waals surface area contributed by atoms with Crippen LogP contribution in [0, 0.1) is 17.8 Å². The highest BCUT2D eigenvalue weighted by Crippen LogP contribution is 2.63. The highest BCUT2D eigenvalue weighted by molar-refractivity contribution is 5.13. The second-order valence-electron chi connectivity index (χ2n) is 6.79. The fraction of sp³-hybridized carbons (Fsp3) is 0.867. The average molecular weight is 442 g/mol. The maximum atomic E-state index is 14.2. The van der Waals surface area contributed by atoms with E-state index in [0.29, 0.717) is 0 Å². The topological polar surface area (TPSA) is 0 Å². The molecule has 0 N–H and O–H groups in total. The summed E-state index contributed by atoms with van der Waals surface area (Å²) >= 11 is 0. The largest absolute Gasteiger partial charge is 0.460 e. The van der Waals surface area contributed by atoms with Crippen molar-refractivity contribution in [1.29, 1.82) is 0 Å². The smallest absolute Gasteiger partial charge is 0.199 e. The molecular formula is C15H15F13. The third-order valence-corrected chi connectivity index (χ3v) is 4.71. The lowest BCUT2D eigenvalue weighted by molar-refractivity contribution is -0.443. The first-order valence-electron chi connectivity index (χ1n) is 7.78. The van der Waals surface area contributed by atoms with E-state index >= 15 is 0 Å². The highest BCUT2D eigenvalue weighted by Gasteiger charge is 2.91. The minimum atomic E-state index is -7.84. The number of hydrogen-bond donors (Lipinski definition) is 0. The maximum absolute atomic E-state index is 14.2. The summed E-state index contributed by atoms with van der Waals surface area (Å²) in [6.07, 6.45) is -6.43. The van der Waals surface area contributed by atoms with Crippen molar-refractivity contribution in [3.8, 4) is 0 Å². The molecule has 0 radical (unpaired) electrons. The third kappa shape index (κ3) is 3.35. The van der Waals surface area contributed by atoms with Gasteiger partial charge < -0.3 is 0 Å². The lowest BCUT2D eigenvalue weighted by atomic mass is 9.82. The quantitative estimate of drug-likeness (QED) is 0.308. The van der Waals surface area contributed by atoms with Gasteiger partial charge in [0, 0.05) is 5.92 Å². The van der Waals surface area contributed by atoms with Gasteiger partial charge in [-0.15, -0.1) is 0 Å². The fourth-order valence-electron chi connectivity index (χ4n) is 3.22. The summed E-state index contributed by atoms with van der Waals surface area (Å²) in [5.74, 6) is -41.3. The number of allylic oxidation sites excluding steroid dienone is 2. The molecule has 3 unspecified atom stereocenters. The van der Waals surface area contributed by atoms with Gasteiger partial charge in [0.15, 0.2) is 0 Å². The molecule has 0 saturated heterocycles. The summed E-state index contributed by atoms with van der Waals surface area (Å²) < 4.78 is 172. The molecule has 0 aromatic carbocycles. The van der Waals surface area contributed by atoms with Crippen LogP contribution >= 0.6 is 0 Å². The van der Waals surface area contributed by atoms with Crippen LogP contribution in [0.15, 0.2) is 12.2 Å². The van der Waals surface area contributed by atoms with Crippen LogP contribution < -0.4 is 0 Å². The van der Waals surface area contributed by atoms with Crippen molar-refractivity contribution in [1.82, 2.24) is 0 Å². The molecule has 166 valence electrons. The minimum absolute atomic E-state index is 0.221. The average Bonchev–Trinajstić information content (AvgIpc) is 2.87. The Kier molecular flexibility index (Phi) is 6.18. The van der Waals surface area contributed by atoms with Crippen molar-refractivity contribution in [3.05, 3.63) is 12.2 Å². The molecule has 0 spiro atoms. The van der Waals surface area contributed by atoms with E-state index in [1.807, 2.05) is 0 Å². The zero-order valence-electron chi connectivity index (χ0n) is 14.2. The zero-order chi connectivity index (χ0) is 22.6. The molecular weight excluding hydrogens is 427 g/mol. The Hall–Kier alpha value is -1.17. The van der Waals surface area contributed by atoms with Gasteiger partial charge >= 0.3 is 35.8 Å². The summed E-state index contributed by atoms with van der Waals surface area (Å²) in [5.41, 5.74) is 0. The van der Waals surface area contributed by atoms with E-state index in [4.69, 9.17) is 0 Å². The Bertz CT molecular complexity index is 587. The van der Waals surface area contributed by atoms with Crippen LogP contribution in [0.1, 0.15) is 26.7 Å². The van der Waals surface area contributed by atoms with Crippen LogP contribution in [-0.4, -0.2) is 35.8 Å². The summed E-state index contributed by atoms with van der Waals surface area (Å²) in [6, 6.07) is 0. The molecule has 0 aliphatic heterocycles. The monoisotopic (exact) mass is 442 g/mol. The lowest BCUT2D eigenvalue weighted by Crippen LogP contribution is -2.71. The van der Waals surface area contributed by atoms with Crippen LogP contribution in [0.5, 0.6) is 0 Å². The lowest BCUT2D eigenvalue weighted by Gasteiger charge is -2.42. The van der Waals surface area contributed by atoms with Crippen molar-refractivity contribution in [2.45, 2.75) is 62.5 Å². The van der Waals surface area contributed by atoms with Crippen LogP contribution in [0.4, 0.5) is 57.1 Å². The highest BCUT2D eigenvalue weighted by atomic mass is 19.4. The van der Waals surface area contributed by atoms with Crippen molar-refractivity contribution >= 4 is 0 Å². The molecule has 0 aromatic rings. The first kappa shape index (κ1) is 24.9. The first-order chi connectivity index (χ1) is 12.2. The second kappa shape index (κ2) is 6.96. The summed E-state index contributed by atoms with van der Waals surface area (Å²) in [7, 11) is 0. The van der Waals surface area contributed by atoms with E-state index in [2.05, 4.69) is 0 Å². The van der Waals surface area contributed by atoms with Crippen LogP contribution in [-0.2, 0) is 0 Å². The van der Waals surface area contributed by atoms with E-state index in [-0.39, 0.29) is 6.42 Å². The molecule has 28 heavy (non-hydrogen) atoms. The third-order valence-electron chi connectivity index (χ3n) is 4.71. The second-order valence-corrected chi connectivity index (χ2v) is 6.79. The molecule has 1 saturated carbocycles. The van der Waals surface area contributed by atoms with Gasteiger partial charge in [-0.2, -0.15) is 57.1 Å². The summed E-state index contributed by atoms with van der Waals surface area (Å²) in [4.78, 5) is 0. The van der Waals surface area contributed by atoms with E-state index in [1.165, 1.54) is 13.8 Å². The van der Waals surface area contributed by atoms with Crippen molar-refractivity contribution in [2.75, 3.05) is 0 Å². The van der Waals surface area contributed by atoms with Gasteiger partial charge in [0.1, 0.15) is 0 Å². The van der Waals surface area contributed by atoms with Crippen molar-refractivity contribution in [3.63, 3.8) is 0 Å². The molecule has 0 heterocycles. The van der Waals surface area contributed by atoms with Gasteiger partial charge in [-0.1, -0.05) is 19.1 Å². The molecule has 1 rings (SSSR count). The first-order valence-corrected chi connectivity index (χ1v) is 7.78. The predicted octanol–water partition coefficient (Wildman–Crippen LogP) is 6.96. The molecule has 1 aliphatic rings. The SMILES string of the molecule is C/C=C\C1CC(C)CC1C(F)(F)C(F)(F)C(F)(F)C(F)(F)C(F)(F)C(F)(F)F. The van der Waals surface area contributed by atoms with E-state index in [9.17, 15) is 57.1 Å². The Labute approximate surface area is 150 Å². The number of alkyl halides is 13. The van der Waals surface area contributed by atoms with Gasteiger partial charge in [-0.3, -0.25) is 0 Å². The molecule has 0 nitrogen and oxygen atoms in total. The summed E-state index contributed by atoms with van der Waals surface area (Å²) in [6.45, 7) is 2.54. The Morgan fingerprint density at radius 2 is 1.07 bits per heavy atom. The van der Waals surface area contributed by atoms with Gasteiger partial charge in [0.25, 0.3) is 0 Å². The zero-order valence-corrected chi connectivity index (χ0v) is 14.2. The molecule has 13 heteroatoms.